The molecule has 0 fully saturated rings. The molecule has 0 N–H and O–H groups in total. The molecule has 0 saturated carbocycles. The predicted molar refractivity (Wildman–Crippen MR) is 45.2 cm³/mol. The largest absolute Gasteiger partial charge is 0.225 e. The molecule has 0 unspecified atom stereocenters. The highest BCUT2D eigenvalue weighted by Crippen LogP contribution is 2.16. The number of nitrogens with zero attached hydrogens (tertiary/aromatic N) is 3. The average molecular weight is 175 g/mol. The van der Waals surface area contributed by atoms with E-state index in [0.29, 0.717) is 11.4 Å². The number of halogens is 1. The van der Waals surface area contributed by atoms with Crippen LogP contribution in [0.4, 0.5) is 4.39 Å². The van der Waals surface area contributed by atoms with Crippen molar-refractivity contribution in [2.75, 3.05) is 0 Å². The molecule has 0 atom stereocenters. The first-order valence-corrected chi connectivity index (χ1v) is 3.75. The third-order valence-corrected chi connectivity index (χ3v) is 1.61. The Morgan fingerprint density at radius 1 is 1.00 bits per heavy atom. The SMILES string of the molecule is Fc1ccccc1-c1ncncn1. The van der Waals surface area contributed by atoms with E-state index < -0.39 is 0 Å². The van der Waals surface area contributed by atoms with Gasteiger partial charge in [0, 0.05) is 0 Å². The van der Waals surface area contributed by atoms with Crippen LogP contribution in [0.15, 0.2) is 36.9 Å². The van der Waals surface area contributed by atoms with Crippen LogP contribution in [-0.2, 0) is 0 Å². The summed E-state index contributed by atoms with van der Waals surface area (Å²) < 4.78 is 13.2. The molecular formula is C9H6FN3. The van der Waals surface area contributed by atoms with Crippen LogP contribution in [0, 0.1) is 5.82 Å². The fraction of sp³-hybridized carbons (Fsp3) is 0. The monoisotopic (exact) mass is 175 g/mol. The topological polar surface area (TPSA) is 38.7 Å². The molecule has 64 valence electrons. The van der Waals surface area contributed by atoms with Gasteiger partial charge in [0.15, 0.2) is 5.82 Å². The maximum atomic E-state index is 13.2. The smallest absolute Gasteiger partial charge is 0.165 e. The first-order chi connectivity index (χ1) is 6.38. The van der Waals surface area contributed by atoms with Gasteiger partial charge in [-0.15, -0.1) is 0 Å². The van der Waals surface area contributed by atoms with Crippen molar-refractivity contribution in [2.45, 2.75) is 0 Å². The van der Waals surface area contributed by atoms with E-state index in [4.69, 9.17) is 0 Å². The van der Waals surface area contributed by atoms with Crippen molar-refractivity contribution in [1.82, 2.24) is 15.0 Å². The van der Waals surface area contributed by atoms with E-state index >= 15 is 0 Å². The number of rotatable bonds is 1. The highest BCUT2D eigenvalue weighted by Gasteiger charge is 2.04. The molecule has 1 aromatic carbocycles. The summed E-state index contributed by atoms with van der Waals surface area (Å²) in [6, 6.07) is 6.37. The van der Waals surface area contributed by atoms with Crippen LogP contribution in [0.2, 0.25) is 0 Å². The van der Waals surface area contributed by atoms with Gasteiger partial charge in [0.1, 0.15) is 18.5 Å². The first-order valence-electron chi connectivity index (χ1n) is 3.75. The van der Waals surface area contributed by atoms with Gasteiger partial charge in [0.05, 0.1) is 5.56 Å². The number of hydrogen-bond acceptors (Lipinski definition) is 3. The molecule has 0 bridgehead atoms. The van der Waals surface area contributed by atoms with E-state index in [1.54, 1.807) is 18.2 Å². The average Bonchev–Trinajstić information content (AvgIpc) is 2.20. The summed E-state index contributed by atoms with van der Waals surface area (Å²) in [5.41, 5.74) is 0.393. The number of hydrogen-bond donors (Lipinski definition) is 0. The molecule has 1 aromatic heterocycles. The Bertz CT molecular complexity index is 403. The third kappa shape index (κ3) is 1.51. The fourth-order valence-corrected chi connectivity index (χ4v) is 1.02. The zero-order valence-electron chi connectivity index (χ0n) is 6.68. The van der Waals surface area contributed by atoms with Gasteiger partial charge >= 0.3 is 0 Å². The molecular weight excluding hydrogens is 169 g/mol. The Morgan fingerprint density at radius 2 is 1.69 bits per heavy atom. The molecule has 4 heteroatoms. The lowest BCUT2D eigenvalue weighted by Gasteiger charge is -1.98. The van der Waals surface area contributed by atoms with Crippen molar-refractivity contribution in [3.8, 4) is 11.4 Å². The Labute approximate surface area is 74.3 Å². The second-order valence-electron chi connectivity index (χ2n) is 2.44. The van der Waals surface area contributed by atoms with E-state index in [9.17, 15) is 4.39 Å². The van der Waals surface area contributed by atoms with Crippen molar-refractivity contribution in [3.63, 3.8) is 0 Å². The highest BCUT2D eigenvalue weighted by molar-refractivity contribution is 5.54. The minimum absolute atomic E-state index is 0.325. The van der Waals surface area contributed by atoms with Crippen molar-refractivity contribution in [1.29, 1.82) is 0 Å². The van der Waals surface area contributed by atoms with Crippen LogP contribution < -0.4 is 0 Å². The van der Waals surface area contributed by atoms with Crippen LogP contribution in [0.25, 0.3) is 11.4 Å². The molecule has 0 spiro atoms. The lowest BCUT2D eigenvalue weighted by atomic mass is 10.2. The molecule has 0 saturated heterocycles. The van der Waals surface area contributed by atoms with Gasteiger partial charge in [-0.25, -0.2) is 19.3 Å². The minimum atomic E-state index is -0.325. The maximum Gasteiger partial charge on any atom is 0.165 e. The van der Waals surface area contributed by atoms with Gasteiger partial charge in [-0.1, -0.05) is 12.1 Å². The van der Waals surface area contributed by atoms with Crippen LogP contribution in [0.3, 0.4) is 0 Å². The van der Waals surface area contributed by atoms with Crippen LogP contribution in [-0.4, -0.2) is 15.0 Å². The zero-order chi connectivity index (χ0) is 9.10. The van der Waals surface area contributed by atoms with Crippen molar-refractivity contribution in [3.05, 3.63) is 42.7 Å². The maximum absolute atomic E-state index is 13.2. The quantitative estimate of drug-likeness (QED) is 0.661. The van der Waals surface area contributed by atoms with Gasteiger partial charge in [0.2, 0.25) is 0 Å². The summed E-state index contributed by atoms with van der Waals surface area (Å²) in [4.78, 5) is 11.4. The second-order valence-corrected chi connectivity index (χ2v) is 2.44. The zero-order valence-corrected chi connectivity index (χ0v) is 6.68. The van der Waals surface area contributed by atoms with Gasteiger partial charge < -0.3 is 0 Å². The highest BCUT2D eigenvalue weighted by atomic mass is 19.1. The van der Waals surface area contributed by atoms with Gasteiger partial charge in [-0.3, -0.25) is 0 Å². The second kappa shape index (κ2) is 3.26. The summed E-state index contributed by atoms with van der Waals surface area (Å²) in [6.07, 6.45) is 2.68. The van der Waals surface area contributed by atoms with E-state index in [2.05, 4.69) is 15.0 Å². The summed E-state index contributed by atoms with van der Waals surface area (Å²) in [5, 5.41) is 0. The normalized spacial score (nSPS) is 9.92. The van der Waals surface area contributed by atoms with Crippen molar-refractivity contribution < 1.29 is 4.39 Å². The molecule has 0 aliphatic rings. The standard InChI is InChI=1S/C9H6FN3/c10-8-4-2-1-3-7(8)9-12-5-11-6-13-9/h1-6H. The Morgan fingerprint density at radius 3 is 2.38 bits per heavy atom. The fourth-order valence-electron chi connectivity index (χ4n) is 1.02. The lowest BCUT2D eigenvalue weighted by molar-refractivity contribution is 0.630. The Balaban J connectivity index is 2.54. The molecule has 2 aromatic rings. The molecule has 0 radical (unpaired) electrons. The minimum Gasteiger partial charge on any atom is -0.225 e. The van der Waals surface area contributed by atoms with Gasteiger partial charge in [0.25, 0.3) is 0 Å². The molecule has 3 nitrogen and oxygen atoms in total. The third-order valence-electron chi connectivity index (χ3n) is 1.61. The van der Waals surface area contributed by atoms with Crippen LogP contribution in [0.1, 0.15) is 0 Å². The van der Waals surface area contributed by atoms with Gasteiger partial charge in [-0.05, 0) is 12.1 Å². The number of benzene rings is 1. The molecule has 13 heavy (non-hydrogen) atoms. The van der Waals surface area contributed by atoms with Gasteiger partial charge in [-0.2, -0.15) is 0 Å². The molecule has 1 heterocycles. The van der Waals surface area contributed by atoms with E-state index in [0.717, 1.165) is 0 Å². The van der Waals surface area contributed by atoms with E-state index in [1.807, 2.05) is 0 Å². The summed E-state index contributed by atoms with van der Waals surface area (Å²) in [5.74, 6) is 0.0294. The van der Waals surface area contributed by atoms with Crippen molar-refractivity contribution in [2.24, 2.45) is 0 Å². The van der Waals surface area contributed by atoms with E-state index in [1.165, 1.54) is 18.7 Å². The summed E-state index contributed by atoms with van der Waals surface area (Å²) >= 11 is 0. The van der Waals surface area contributed by atoms with Crippen molar-refractivity contribution >= 4 is 0 Å². The molecule has 0 amide bonds. The Kier molecular flexibility index (Phi) is 1.96. The number of aromatic nitrogens is 3. The molecule has 0 aliphatic heterocycles. The predicted octanol–water partition coefficient (Wildman–Crippen LogP) is 1.68. The molecule has 0 aliphatic carbocycles. The molecule has 2 rings (SSSR count). The summed E-state index contributed by atoms with van der Waals surface area (Å²) in [6.45, 7) is 0. The van der Waals surface area contributed by atoms with Crippen LogP contribution in [0.5, 0.6) is 0 Å². The first kappa shape index (κ1) is 7.79. The lowest BCUT2D eigenvalue weighted by Crippen LogP contribution is -1.91. The Hall–Kier alpha value is -1.84. The summed E-state index contributed by atoms with van der Waals surface area (Å²) in [7, 11) is 0. The van der Waals surface area contributed by atoms with Crippen LogP contribution >= 0.6 is 0 Å². The van der Waals surface area contributed by atoms with E-state index in [-0.39, 0.29) is 5.82 Å².